The minimum atomic E-state index is -3.06. The Labute approximate surface area is 103 Å². The van der Waals surface area contributed by atoms with Gasteiger partial charge in [-0.1, -0.05) is 0 Å². The summed E-state index contributed by atoms with van der Waals surface area (Å²) in [6.45, 7) is 3.66. The van der Waals surface area contributed by atoms with E-state index in [0.29, 0.717) is 5.56 Å². The molecule has 0 saturated heterocycles. The molecule has 0 bridgehead atoms. The van der Waals surface area contributed by atoms with Crippen LogP contribution in [0.3, 0.4) is 0 Å². The van der Waals surface area contributed by atoms with Crippen molar-refractivity contribution >= 4 is 17.5 Å². The van der Waals surface area contributed by atoms with E-state index < -0.39 is 12.3 Å². The molecule has 0 aromatic heterocycles. The molecule has 0 aliphatic heterocycles. The maximum atomic E-state index is 12.0. The van der Waals surface area contributed by atoms with Crippen LogP contribution in [0, 0.1) is 0 Å². The van der Waals surface area contributed by atoms with Crippen LogP contribution in [0.4, 0.5) is 14.5 Å². The zero-order chi connectivity index (χ0) is 13.7. The third kappa shape index (κ3) is 4.12. The number of carbonyl (C=O) groups excluding carboxylic acids is 2. The summed E-state index contributed by atoms with van der Waals surface area (Å²) in [6.07, 6.45) is -3.06. The van der Waals surface area contributed by atoms with E-state index in [0.717, 1.165) is 0 Å². The molecule has 0 radical (unpaired) electrons. The Morgan fingerprint density at radius 1 is 1.11 bits per heavy atom. The Kier molecular flexibility index (Phi) is 4.76. The first-order valence-corrected chi connectivity index (χ1v) is 5.40. The highest BCUT2D eigenvalue weighted by atomic mass is 19.3. The molecule has 1 rings (SSSR count). The minimum absolute atomic E-state index is 0.00992. The molecule has 2 amide bonds. The predicted octanol–water partition coefficient (Wildman–Crippen LogP) is 2.03. The lowest BCUT2D eigenvalue weighted by Gasteiger charge is -2.09. The number of hydrogen-bond acceptors (Lipinski definition) is 2. The van der Waals surface area contributed by atoms with Crippen LogP contribution in [0.25, 0.3) is 0 Å². The second-order valence-corrected chi connectivity index (χ2v) is 4.00. The number of nitrogens with one attached hydrogen (secondary N) is 2. The van der Waals surface area contributed by atoms with Crippen molar-refractivity contribution in [3.8, 4) is 0 Å². The van der Waals surface area contributed by atoms with Gasteiger partial charge < -0.3 is 10.6 Å². The van der Waals surface area contributed by atoms with Gasteiger partial charge in [0.2, 0.25) is 0 Å². The third-order valence-corrected chi connectivity index (χ3v) is 2.03. The Morgan fingerprint density at radius 3 is 2.11 bits per heavy atom. The molecule has 0 heterocycles. The lowest BCUT2D eigenvalue weighted by atomic mass is 10.2. The van der Waals surface area contributed by atoms with Crippen LogP contribution in [0.15, 0.2) is 24.3 Å². The molecule has 4 nitrogen and oxygen atoms in total. The topological polar surface area (TPSA) is 58.2 Å². The Balaban J connectivity index is 2.68. The maximum absolute atomic E-state index is 12.0. The number of anilines is 1. The summed E-state index contributed by atoms with van der Waals surface area (Å²) in [7, 11) is 0. The van der Waals surface area contributed by atoms with Crippen molar-refractivity contribution < 1.29 is 18.4 Å². The van der Waals surface area contributed by atoms with Crippen LogP contribution in [-0.2, 0) is 4.79 Å². The molecule has 1 aromatic rings. The summed E-state index contributed by atoms with van der Waals surface area (Å²) < 4.78 is 24.0. The average Bonchev–Trinajstić information content (AvgIpc) is 2.28. The van der Waals surface area contributed by atoms with Crippen LogP contribution in [0.5, 0.6) is 0 Å². The molecule has 0 saturated carbocycles. The molecule has 0 aliphatic carbocycles. The van der Waals surface area contributed by atoms with Crippen molar-refractivity contribution in [1.82, 2.24) is 5.32 Å². The van der Waals surface area contributed by atoms with Crippen molar-refractivity contribution in [3.05, 3.63) is 29.8 Å². The molecule has 0 aliphatic rings. The van der Waals surface area contributed by atoms with E-state index in [2.05, 4.69) is 5.32 Å². The lowest BCUT2D eigenvalue weighted by molar-refractivity contribution is -0.126. The third-order valence-electron chi connectivity index (χ3n) is 2.03. The minimum Gasteiger partial charge on any atom is -0.350 e. The van der Waals surface area contributed by atoms with Gasteiger partial charge in [-0.3, -0.25) is 9.59 Å². The van der Waals surface area contributed by atoms with Crippen molar-refractivity contribution in [2.45, 2.75) is 26.3 Å². The zero-order valence-electron chi connectivity index (χ0n) is 10.0. The number of rotatable bonds is 4. The van der Waals surface area contributed by atoms with Crippen LogP contribution >= 0.6 is 0 Å². The van der Waals surface area contributed by atoms with Crippen molar-refractivity contribution in [3.63, 3.8) is 0 Å². The van der Waals surface area contributed by atoms with Gasteiger partial charge in [-0.2, -0.15) is 8.78 Å². The van der Waals surface area contributed by atoms with Gasteiger partial charge in [-0.15, -0.1) is 0 Å². The van der Waals surface area contributed by atoms with Crippen LogP contribution in [0.1, 0.15) is 24.2 Å². The second-order valence-electron chi connectivity index (χ2n) is 4.00. The Bertz CT molecular complexity index is 430. The van der Waals surface area contributed by atoms with E-state index in [1.54, 1.807) is 0 Å². The quantitative estimate of drug-likeness (QED) is 0.866. The van der Waals surface area contributed by atoms with E-state index in [4.69, 9.17) is 0 Å². The zero-order valence-corrected chi connectivity index (χ0v) is 10.0. The number of benzene rings is 1. The van der Waals surface area contributed by atoms with Crippen molar-refractivity contribution in [2.24, 2.45) is 0 Å². The SMILES string of the molecule is CC(C)NC(=O)c1ccc(NC(=O)C(F)F)cc1. The molecule has 0 unspecified atom stereocenters. The first kappa shape index (κ1) is 14.1. The number of alkyl halides is 2. The molecule has 18 heavy (non-hydrogen) atoms. The van der Waals surface area contributed by atoms with Gasteiger partial charge in [0.05, 0.1) is 0 Å². The summed E-state index contributed by atoms with van der Waals surface area (Å²) in [5.41, 5.74) is 0.625. The first-order chi connectivity index (χ1) is 8.40. The highest BCUT2D eigenvalue weighted by Gasteiger charge is 2.15. The van der Waals surface area contributed by atoms with Gasteiger partial charge in [0.15, 0.2) is 0 Å². The molecule has 0 fully saturated rings. The fourth-order valence-corrected chi connectivity index (χ4v) is 1.25. The van der Waals surface area contributed by atoms with Gasteiger partial charge in [-0.05, 0) is 38.1 Å². The fourth-order valence-electron chi connectivity index (χ4n) is 1.25. The summed E-state index contributed by atoms with van der Waals surface area (Å²) in [6, 6.07) is 5.72. The van der Waals surface area contributed by atoms with Gasteiger partial charge in [0.25, 0.3) is 11.8 Å². The number of amides is 2. The largest absolute Gasteiger partial charge is 0.350 e. The van der Waals surface area contributed by atoms with Crippen LogP contribution in [-0.4, -0.2) is 24.3 Å². The smallest absolute Gasteiger partial charge is 0.315 e. The number of carbonyl (C=O) groups is 2. The molecule has 0 atom stereocenters. The van der Waals surface area contributed by atoms with Gasteiger partial charge in [0, 0.05) is 17.3 Å². The molecule has 2 N–H and O–H groups in total. The molecular formula is C12H14F2N2O2. The van der Waals surface area contributed by atoms with Crippen molar-refractivity contribution in [2.75, 3.05) is 5.32 Å². The van der Waals surface area contributed by atoms with E-state index >= 15 is 0 Å². The van der Waals surface area contributed by atoms with Crippen LogP contribution < -0.4 is 10.6 Å². The fraction of sp³-hybridized carbons (Fsp3) is 0.333. The molecule has 1 aromatic carbocycles. The highest BCUT2D eigenvalue weighted by molar-refractivity contribution is 5.96. The van der Waals surface area contributed by atoms with Gasteiger partial charge in [-0.25, -0.2) is 0 Å². The maximum Gasteiger partial charge on any atom is 0.315 e. The highest BCUT2D eigenvalue weighted by Crippen LogP contribution is 2.11. The van der Waals surface area contributed by atoms with Crippen molar-refractivity contribution in [1.29, 1.82) is 0 Å². The molecule has 6 heteroatoms. The summed E-state index contributed by atoms with van der Waals surface area (Å²) >= 11 is 0. The van der Waals surface area contributed by atoms with Gasteiger partial charge in [0.1, 0.15) is 0 Å². The van der Waals surface area contributed by atoms with E-state index in [-0.39, 0.29) is 17.6 Å². The first-order valence-electron chi connectivity index (χ1n) is 5.40. The van der Waals surface area contributed by atoms with E-state index in [1.807, 2.05) is 19.2 Å². The van der Waals surface area contributed by atoms with E-state index in [9.17, 15) is 18.4 Å². The van der Waals surface area contributed by atoms with Gasteiger partial charge >= 0.3 is 6.43 Å². The molecule has 98 valence electrons. The van der Waals surface area contributed by atoms with E-state index in [1.165, 1.54) is 24.3 Å². The number of hydrogen-bond donors (Lipinski definition) is 2. The van der Waals surface area contributed by atoms with Crippen LogP contribution in [0.2, 0.25) is 0 Å². The average molecular weight is 256 g/mol. The Morgan fingerprint density at radius 2 is 1.67 bits per heavy atom. The Hall–Kier alpha value is -1.98. The number of halogens is 2. The summed E-state index contributed by atoms with van der Waals surface area (Å²) in [4.78, 5) is 22.3. The molecule has 0 spiro atoms. The summed E-state index contributed by atoms with van der Waals surface area (Å²) in [5.74, 6) is -1.62. The lowest BCUT2D eigenvalue weighted by Crippen LogP contribution is -2.30. The monoisotopic (exact) mass is 256 g/mol. The normalized spacial score (nSPS) is 10.6. The predicted molar refractivity (Wildman–Crippen MR) is 63.7 cm³/mol. The standard InChI is InChI=1S/C12H14F2N2O2/c1-7(2)15-11(17)8-3-5-9(6-4-8)16-12(18)10(13)14/h3-7,10H,1-2H3,(H,15,17)(H,16,18). The molecular weight excluding hydrogens is 242 g/mol. The summed E-state index contributed by atoms with van der Waals surface area (Å²) in [5, 5.41) is 4.72. The second kappa shape index (κ2) is 6.09.